The number of carbonyl (C=O) groups is 1. The zero-order valence-electron chi connectivity index (χ0n) is 6.56. The van der Waals surface area contributed by atoms with E-state index in [0.717, 1.165) is 5.69 Å². The van der Waals surface area contributed by atoms with Gasteiger partial charge in [-0.05, 0) is 18.2 Å². The number of pyridine rings is 1. The topological polar surface area (TPSA) is 39.2 Å². The van der Waals surface area contributed by atoms with Gasteiger partial charge in [-0.15, -0.1) is 0 Å². The highest BCUT2D eigenvalue weighted by molar-refractivity contribution is 5.51. The molecule has 3 nitrogen and oxygen atoms in total. The number of aldehydes is 1. The number of hydrogen-bond acceptors (Lipinski definition) is 3. The number of hydrogen-bond donors (Lipinski definition) is 0. The molecule has 1 heterocycles. The summed E-state index contributed by atoms with van der Waals surface area (Å²) in [7, 11) is 0. The Bertz CT molecular complexity index is 266. The predicted molar refractivity (Wildman–Crippen MR) is 45.9 cm³/mol. The van der Waals surface area contributed by atoms with Crippen molar-refractivity contribution in [1.29, 1.82) is 0 Å². The fourth-order valence-corrected chi connectivity index (χ4v) is 0.728. The average Bonchev–Trinajstić information content (AvgIpc) is 2.15. The van der Waals surface area contributed by atoms with Crippen LogP contribution in [0.4, 0.5) is 0 Å². The van der Waals surface area contributed by atoms with E-state index >= 15 is 0 Å². The van der Waals surface area contributed by atoms with Crippen LogP contribution in [-0.2, 0) is 4.79 Å². The third-order valence-corrected chi connectivity index (χ3v) is 1.29. The molecule has 1 aromatic rings. The normalized spacial score (nSPS) is 9.00. The molecule has 0 saturated carbocycles. The third-order valence-electron chi connectivity index (χ3n) is 1.29. The molecule has 12 heavy (non-hydrogen) atoms. The van der Waals surface area contributed by atoms with Crippen LogP contribution in [0.2, 0.25) is 0 Å². The second kappa shape index (κ2) is 4.28. The number of rotatable bonds is 4. The lowest BCUT2D eigenvalue weighted by Gasteiger charge is -2.00. The summed E-state index contributed by atoms with van der Waals surface area (Å²) in [6, 6.07) is 3.51. The third kappa shape index (κ3) is 2.20. The Morgan fingerprint density at radius 2 is 2.42 bits per heavy atom. The van der Waals surface area contributed by atoms with Gasteiger partial charge in [0.15, 0.2) is 6.29 Å². The van der Waals surface area contributed by atoms with Crippen LogP contribution in [0.5, 0.6) is 5.75 Å². The maximum Gasteiger partial charge on any atom is 0.157 e. The van der Waals surface area contributed by atoms with Gasteiger partial charge in [-0.25, -0.2) is 0 Å². The molecule has 1 rings (SSSR count). The molecule has 0 bridgehead atoms. The van der Waals surface area contributed by atoms with Crippen LogP contribution in [0.1, 0.15) is 5.69 Å². The van der Waals surface area contributed by atoms with Crippen molar-refractivity contribution in [3.8, 4) is 5.75 Å². The predicted octanol–water partition coefficient (Wildman–Crippen LogP) is 1.30. The molecule has 0 N–H and O–H groups in total. The SMILES string of the molecule is C=Cc1ccc(OCC=O)cn1. The molecule has 0 atom stereocenters. The van der Waals surface area contributed by atoms with Gasteiger partial charge < -0.3 is 4.74 Å². The van der Waals surface area contributed by atoms with Crippen LogP contribution in [0.3, 0.4) is 0 Å². The van der Waals surface area contributed by atoms with Crippen LogP contribution in [0.25, 0.3) is 6.08 Å². The molecule has 0 saturated heterocycles. The summed E-state index contributed by atoms with van der Waals surface area (Å²) in [6.07, 6.45) is 3.89. The van der Waals surface area contributed by atoms with Gasteiger partial charge in [-0.2, -0.15) is 0 Å². The van der Waals surface area contributed by atoms with Crippen molar-refractivity contribution < 1.29 is 9.53 Å². The molecule has 0 fully saturated rings. The van der Waals surface area contributed by atoms with E-state index in [-0.39, 0.29) is 6.61 Å². The van der Waals surface area contributed by atoms with E-state index in [0.29, 0.717) is 12.0 Å². The molecule has 1 aromatic heterocycles. The Balaban J connectivity index is 2.64. The number of carbonyl (C=O) groups excluding carboxylic acids is 1. The Morgan fingerprint density at radius 1 is 1.58 bits per heavy atom. The highest BCUT2D eigenvalue weighted by atomic mass is 16.5. The molecule has 0 spiro atoms. The van der Waals surface area contributed by atoms with E-state index in [9.17, 15) is 4.79 Å². The second-order valence-electron chi connectivity index (χ2n) is 2.10. The molecule has 0 aliphatic rings. The van der Waals surface area contributed by atoms with Crippen LogP contribution < -0.4 is 4.74 Å². The van der Waals surface area contributed by atoms with Gasteiger partial charge >= 0.3 is 0 Å². The van der Waals surface area contributed by atoms with Gasteiger partial charge in [-0.3, -0.25) is 9.78 Å². The van der Waals surface area contributed by atoms with Crippen molar-refractivity contribution in [2.45, 2.75) is 0 Å². The second-order valence-corrected chi connectivity index (χ2v) is 2.10. The van der Waals surface area contributed by atoms with Crippen molar-refractivity contribution >= 4 is 12.4 Å². The summed E-state index contributed by atoms with van der Waals surface area (Å²) in [5.41, 5.74) is 0.786. The molecular formula is C9H9NO2. The van der Waals surface area contributed by atoms with Gasteiger partial charge in [0.25, 0.3) is 0 Å². The lowest BCUT2D eigenvalue weighted by atomic mass is 10.3. The summed E-state index contributed by atoms with van der Waals surface area (Å²) in [6.45, 7) is 3.63. The average molecular weight is 163 g/mol. The quantitative estimate of drug-likeness (QED) is 0.628. The molecular weight excluding hydrogens is 154 g/mol. The van der Waals surface area contributed by atoms with E-state index < -0.39 is 0 Å². The molecule has 3 heteroatoms. The van der Waals surface area contributed by atoms with Crippen molar-refractivity contribution in [3.63, 3.8) is 0 Å². The molecule has 0 aliphatic heterocycles. The summed E-state index contributed by atoms with van der Waals surface area (Å²) in [4.78, 5) is 13.9. The van der Waals surface area contributed by atoms with Crippen molar-refractivity contribution in [1.82, 2.24) is 4.98 Å². The highest BCUT2D eigenvalue weighted by Crippen LogP contribution is 2.08. The van der Waals surface area contributed by atoms with E-state index in [1.807, 2.05) is 0 Å². The van der Waals surface area contributed by atoms with Gasteiger partial charge in [0.2, 0.25) is 0 Å². The Labute approximate surface area is 70.7 Å². The lowest BCUT2D eigenvalue weighted by Crippen LogP contribution is -1.97. The molecule has 0 aliphatic carbocycles. The monoisotopic (exact) mass is 163 g/mol. The number of nitrogens with zero attached hydrogens (tertiary/aromatic N) is 1. The molecule has 0 amide bonds. The number of aromatic nitrogens is 1. The van der Waals surface area contributed by atoms with Crippen LogP contribution in [0.15, 0.2) is 24.9 Å². The largest absolute Gasteiger partial charge is 0.485 e. The van der Waals surface area contributed by atoms with Crippen LogP contribution >= 0.6 is 0 Å². The minimum Gasteiger partial charge on any atom is -0.485 e. The first-order valence-electron chi connectivity index (χ1n) is 3.51. The fourth-order valence-electron chi connectivity index (χ4n) is 0.728. The van der Waals surface area contributed by atoms with E-state index in [2.05, 4.69) is 11.6 Å². The van der Waals surface area contributed by atoms with Crippen LogP contribution in [-0.4, -0.2) is 17.9 Å². The summed E-state index contributed by atoms with van der Waals surface area (Å²) >= 11 is 0. The minimum absolute atomic E-state index is 0.0646. The highest BCUT2D eigenvalue weighted by Gasteiger charge is 1.92. The van der Waals surface area contributed by atoms with Crippen molar-refractivity contribution in [2.24, 2.45) is 0 Å². The molecule has 62 valence electrons. The van der Waals surface area contributed by atoms with Gasteiger partial charge in [0.1, 0.15) is 12.4 Å². The Kier molecular flexibility index (Phi) is 3.02. The standard InChI is InChI=1S/C9H9NO2/c1-2-8-3-4-9(7-10-8)12-6-5-11/h2-5,7H,1,6H2. The maximum atomic E-state index is 9.94. The maximum absolute atomic E-state index is 9.94. The Hall–Kier alpha value is -1.64. The van der Waals surface area contributed by atoms with Crippen molar-refractivity contribution in [3.05, 3.63) is 30.6 Å². The van der Waals surface area contributed by atoms with Crippen LogP contribution in [0, 0.1) is 0 Å². The minimum atomic E-state index is 0.0646. The number of ether oxygens (including phenoxy) is 1. The van der Waals surface area contributed by atoms with Gasteiger partial charge in [0.05, 0.1) is 11.9 Å². The zero-order chi connectivity index (χ0) is 8.81. The van der Waals surface area contributed by atoms with Crippen molar-refractivity contribution in [2.75, 3.05) is 6.61 Å². The first-order chi connectivity index (χ1) is 5.86. The summed E-state index contributed by atoms with van der Waals surface area (Å²) in [5.74, 6) is 0.590. The molecule has 0 aromatic carbocycles. The van der Waals surface area contributed by atoms with E-state index in [1.54, 1.807) is 24.4 Å². The fraction of sp³-hybridized carbons (Fsp3) is 0.111. The van der Waals surface area contributed by atoms with E-state index in [1.165, 1.54) is 0 Å². The Morgan fingerprint density at radius 3 is 2.92 bits per heavy atom. The smallest absolute Gasteiger partial charge is 0.157 e. The molecule has 0 radical (unpaired) electrons. The van der Waals surface area contributed by atoms with Gasteiger partial charge in [0, 0.05) is 0 Å². The van der Waals surface area contributed by atoms with Gasteiger partial charge in [-0.1, -0.05) is 6.58 Å². The zero-order valence-corrected chi connectivity index (χ0v) is 6.56. The lowest BCUT2D eigenvalue weighted by molar-refractivity contribution is -0.109. The summed E-state index contributed by atoms with van der Waals surface area (Å²) in [5, 5.41) is 0. The molecule has 0 unspecified atom stereocenters. The summed E-state index contributed by atoms with van der Waals surface area (Å²) < 4.78 is 4.99. The first-order valence-corrected chi connectivity index (χ1v) is 3.51. The first kappa shape index (κ1) is 8.46. The van der Waals surface area contributed by atoms with E-state index in [4.69, 9.17) is 4.74 Å².